The van der Waals surface area contributed by atoms with E-state index in [4.69, 9.17) is 5.26 Å². The molecule has 0 aliphatic carbocycles. The minimum absolute atomic E-state index is 0.142. The Morgan fingerprint density at radius 1 is 1.40 bits per heavy atom. The van der Waals surface area contributed by atoms with Crippen LogP contribution in [0.2, 0.25) is 0 Å². The summed E-state index contributed by atoms with van der Waals surface area (Å²) in [4.78, 5) is 19.8. The highest BCUT2D eigenvalue weighted by atomic mass is 32.1. The van der Waals surface area contributed by atoms with Crippen LogP contribution in [0.3, 0.4) is 0 Å². The van der Waals surface area contributed by atoms with Crippen LogP contribution >= 0.6 is 11.3 Å². The Kier molecular flexibility index (Phi) is 5.21. The van der Waals surface area contributed by atoms with Gasteiger partial charge in [-0.15, -0.1) is 11.3 Å². The molecule has 6 nitrogen and oxygen atoms in total. The van der Waals surface area contributed by atoms with Crippen molar-refractivity contribution in [3.05, 3.63) is 59.4 Å². The third kappa shape index (κ3) is 3.92. The Morgan fingerprint density at radius 2 is 2.28 bits per heavy atom. The van der Waals surface area contributed by atoms with E-state index in [0.29, 0.717) is 18.8 Å². The number of carbonyl (C=O) groups excluding carboxylic acids is 1. The van der Waals surface area contributed by atoms with E-state index in [0.717, 1.165) is 16.1 Å². The smallest absolute Gasteiger partial charge is 0.272 e. The number of aryl methyl sites for hydroxylation is 1. The molecule has 0 aliphatic heterocycles. The number of hydrogen-bond acceptors (Lipinski definition) is 5. The number of hydrogen-bond donors (Lipinski definition) is 0. The van der Waals surface area contributed by atoms with Gasteiger partial charge in [0, 0.05) is 32.5 Å². The predicted molar refractivity (Wildman–Crippen MR) is 95.7 cm³/mol. The van der Waals surface area contributed by atoms with E-state index in [1.165, 1.54) is 0 Å². The molecule has 3 aromatic rings. The maximum absolute atomic E-state index is 13.0. The molecule has 0 N–H and O–H groups in total. The molecule has 126 valence electrons. The Bertz CT molecular complexity index is 880. The van der Waals surface area contributed by atoms with Gasteiger partial charge in [0.1, 0.15) is 11.4 Å². The van der Waals surface area contributed by atoms with Gasteiger partial charge in [0.15, 0.2) is 0 Å². The summed E-state index contributed by atoms with van der Waals surface area (Å²) < 4.78 is 1.60. The number of nitriles is 1. The molecule has 0 bridgehead atoms. The van der Waals surface area contributed by atoms with E-state index in [1.807, 2.05) is 29.6 Å². The lowest BCUT2D eigenvalue weighted by Crippen LogP contribution is -2.32. The van der Waals surface area contributed by atoms with Gasteiger partial charge >= 0.3 is 0 Å². The lowest BCUT2D eigenvalue weighted by atomic mass is 10.2. The standard InChI is InChI=1S/C18H17N5OS/c1-22-16(11-15(21-22)17-6-3-10-25-17)18(24)23(9-4-7-19)13-14-5-2-8-20-12-14/h2-3,5-6,8,10-12H,4,9,13H2,1H3. The van der Waals surface area contributed by atoms with Crippen molar-refractivity contribution in [3.8, 4) is 16.6 Å². The number of thiophene rings is 1. The van der Waals surface area contributed by atoms with Crippen LogP contribution in [0.15, 0.2) is 48.1 Å². The van der Waals surface area contributed by atoms with Crippen molar-refractivity contribution in [1.82, 2.24) is 19.7 Å². The number of amides is 1. The summed E-state index contributed by atoms with van der Waals surface area (Å²) in [5.41, 5.74) is 2.21. The lowest BCUT2D eigenvalue weighted by Gasteiger charge is -2.21. The number of aromatic nitrogens is 3. The van der Waals surface area contributed by atoms with Gasteiger partial charge in [0.05, 0.1) is 17.4 Å². The molecule has 0 saturated heterocycles. The summed E-state index contributed by atoms with van der Waals surface area (Å²) in [5, 5.41) is 15.3. The predicted octanol–water partition coefficient (Wildman–Crippen LogP) is 3.10. The van der Waals surface area contributed by atoms with Crippen LogP contribution < -0.4 is 0 Å². The van der Waals surface area contributed by atoms with Crippen molar-refractivity contribution in [3.63, 3.8) is 0 Å². The summed E-state index contributed by atoms with van der Waals surface area (Å²) in [5.74, 6) is -0.142. The average molecular weight is 351 g/mol. The van der Waals surface area contributed by atoms with Crippen molar-refractivity contribution >= 4 is 17.2 Å². The Hall–Kier alpha value is -2.98. The molecule has 3 heterocycles. The fourth-order valence-electron chi connectivity index (χ4n) is 2.52. The second-order valence-electron chi connectivity index (χ2n) is 5.51. The SMILES string of the molecule is Cn1nc(-c2cccs2)cc1C(=O)N(CCC#N)Cc1cccnc1. The summed E-state index contributed by atoms with van der Waals surface area (Å²) in [6.07, 6.45) is 3.70. The highest BCUT2D eigenvalue weighted by Crippen LogP contribution is 2.24. The van der Waals surface area contributed by atoms with Gasteiger partial charge in [0.2, 0.25) is 0 Å². The first-order valence-electron chi connectivity index (χ1n) is 7.82. The molecule has 0 aromatic carbocycles. The topological polar surface area (TPSA) is 74.8 Å². The van der Waals surface area contributed by atoms with Gasteiger partial charge in [-0.3, -0.25) is 14.5 Å². The Morgan fingerprint density at radius 3 is 2.96 bits per heavy atom. The van der Waals surface area contributed by atoms with Gasteiger partial charge in [-0.05, 0) is 29.1 Å². The van der Waals surface area contributed by atoms with Gasteiger partial charge < -0.3 is 4.90 Å². The second kappa shape index (κ2) is 7.73. The zero-order valence-electron chi connectivity index (χ0n) is 13.8. The lowest BCUT2D eigenvalue weighted by molar-refractivity contribution is 0.0735. The maximum atomic E-state index is 13.0. The number of rotatable bonds is 6. The fraction of sp³-hybridized carbons (Fsp3) is 0.222. The summed E-state index contributed by atoms with van der Waals surface area (Å²) >= 11 is 1.58. The van der Waals surface area contributed by atoms with Gasteiger partial charge in [-0.1, -0.05) is 12.1 Å². The minimum Gasteiger partial charge on any atom is -0.332 e. The number of pyridine rings is 1. The third-order valence-corrected chi connectivity index (χ3v) is 4.64. The normalized spacial score (nSPS) is 10.4. The van der Waals surface area contributed by atoms with E-state index in [2.05, 4.69) is 16.2 Å². The number of carbonyl (C=O) groups is 1. The molecule has 25 heavy (non-hydrogen) atoms. The first kappa shape index (κ1) is 16.9. The van der Waals surface area contributed by atoms with Crippen LogP contribution in [-0.4, -0.2) is 32.1 Å². The van der Waals surface area contributed by atoms with Crippen molar-refractivity contribution in [2.45, 2.75) is 13.0 Å². The third-order valence-electron chi connectivity index (χ3n) is 3.75. The molecule has 7 heteroatoms. The highest BCUT2D eigenvalue weighted by molar-refractivity contribution is 7.13. The Labute approximate surface area is 150 Å². The van der Waals surface area contributed by atoms with Crippen molar-refractivity contribution < 1.29 is 4.79 Å². The average Bonchev–Trinajstić information content (AvgIpc) is 3.28. The fourth-order valence-corrected chi connectivity index (χ4v) is 3.20. The first-order valence-corrected chi connectivity index (χ1v) is 8.70. The molecule has 3 aromatic heterocycles. The van der Waals surface area contributed by atoms with Gasteiger partial charge in [0.25, 0.3) is 5.91 Å². The summed E-state index contributed by atoms with van der Waals surface area (Å²) in [7, 11) is 1.76. The van der Waals surface area contributed by atoms with Crippen LogP contribution in [0.1, 0.15) is 22.5 Å². The van der Waals surface area contributed by atoms with Crippen molar-refractivity contribution in [2.24, 2.45) is 7.05 Å². The molecular formula is C18H17N5OS. The molecule has 0 radical (unpaired) electrons. The molecule has 0 spiro atoms. The van der Waals surface area contributed by atoms with Gasteiger partial charge in [-0.25, -0.2) is 0 Å². The summed E-state index contributed by atoms with van der Waals surface area (Å²) in [6.45, 7) is 0.775. The van der Waals surface area contributed by atoms with E-state index in [9.17, 15) is 4.79 Å². The quantitative estimate of drug-likeness (QED) is 0.684. The van der Waals surface area contributed by atoms with Crippen LogP contribution in [0.5, 0.6) is 0 Å². The zero-order chi connectivity index (χ0) is 17.6. The van der Waals surface area contributed by atoms with E-state index in [1.54, 1.807) is 46.4 Å². The second-order valence-corrected chi connectivity index (χ2v) is 6.46. The zero-order valence-corrected chi connectivity index (χ0v) is 14.6. The monoisotopic (exact) mass is 351 g/mol. The van der Waals surface area contributed by atoms with Crippen LogP contribution in [0, 0.1) is 11.3 Å². The van der Waals surface area contributed by atoms with Crippen LogP contribution in [-0.2, 0) is 13.6 Å². The highest BCUT2D eigenvalue weighted by Gasteiger charge is 2.21. The molecular weight excluding hydrogens is 334 g/mol. The molecule has 0 fully saturated rings. The van der Waals surface area contributed by atoms with Crippen LogP contribution in [0.25, 0.3) is 10.6 Å². The Balaban J connectivity index is 1.85. The number of nitrogens with zero attached hydrogens (tertiary/aromatic N) is 5. The molecule has 1 amide bonds. The van der Waals surface area contributed by atoms with Gasteiger partial charge in [-0.2, -0.15) is 10.4 Å². The van der Waals surface area contributed by atoms with Crippen LogP contribution in [0.4, 0.5) is 0 Å². The van der Waals surface area contributed by atoms with Crippen molar-refractivity contribution in [2.75, 3.05) is 6.54 Å². The molecule has 0 aliphatic rings. The molecule has 0 unspecified atom stereocenters. The largest absolute Gasteiger partial charge is 0.332 e. The maximum Gasteiger partial charge on any atom is 0.272 e. The van der Waals surface area contributed by atoms with E-state index >= 15 is 0 Å². The molecule has 3 rings (SSSR count). The molecule has 0 atom stereocenters. The summed E-state index contributed by atoms with van der Waals surface area (Å²) in [6, 6.07) is 11.6. The van der Waals surface area contributed by atoms with E-state index < -0.39 is 0 Å². The van der Waals surface area contributed by atoms with Crippen molar-refractivity contribution in [1.29, 1.82) is 5.26 Å². The van der Waals surface area contributed by atoms with E-state index in [-0.39, 0.29) is 12.3 Å². The minimum atomic E-state index is -0.142. The molecule has 0 saturated carbocycles. The first-order chi connectivity index (χ1) is 12.2.